The molecular weight excluding hydrogens is 532 g/mol. The lowest BCUT2D eigenvalue weighted by Crippen LogP contribution is -2.28. The van der Waals surface area contributed by atoms with E-state index in [1.807, 2.05) is 37.3 Å². The number of ether oxygens (including phenoxy) is 1. The topological polar surface area (TPSA) is 122 Å². The zero-order valence-corrected chi connectivity index (χ0v) is 23.1. The highest BCUT2D eigenvalue weighted by Gasteiger charge is 2.23. The van der Waals surface area contributed by atoms with Gasteiger partial charge in [-0.3, -0.25) is 19.5 Å². The van der Waals surface area contributed by atoms with Crippen molar-refractivity contribution in [3.8, 4) is 28.3 Å². The molecule has 0 bridgehead atoms. The molecule has 1 atom stereocenters. The van der Waals surface area contributed by atoms with Gasteiger partial charge in [-0.2, -0.15) is 5.10 Å². The highest BCUT2D eigenvalue weighted by Crippen LogP contribution is 2.39. The van der Waals surface area contributed by atoms with Gasteiger partial charge in [-0.25, -0.2) is 9.67 Å². The SMILES string of the molecule is COc1nc(-c2cccc(-c3cccc(NC(=O)c4ccnn(C)c4=O)c3C)c2Cl)cnc1CN1CCC(O)C1. The molecule has 0 saturated carbocycles. The van der Waals surface area contributed by atoms with Crippen molar-refractivity contribution in [1.29, 1.82) is 0 Å². The van der Waals surface area contributed by atoms with Gasteiger partial charge in [0.15, 0.2) is 0 Å². The molecule has 2 aromatic carbocycles. The van der Waals surface area contributed by atoms with Crippen molar-refractivity contribution in [1.82, 2.24) is 24.6 Å². The largest absolute Gasteiger partial charge is 0.480 e. The summed E-state index contributed by atoms with van der Waals surface area (Å²) in [4.78, 5) is 36.7. The average Bonchev–Trinajstić information content (AvgIpc) is 3.36. The lowest BCUT2D eigenvalue weighted by atomic mass is 9.96. The first-order valence-electron chi connectivity index (χ1n) is 12.8. The van der Waals surface area contributed by atoms with Crippen molar-refractivity contribution in [3.05, 3.63) is 87.1 Å². The number of likely N-dealkylation sites (tertiary alicyclic amines) is 1. The maximum Gasteiger partial charge on any atom is 0.279 e. The van der Waals surface area contributed by atoms with Crippen LogP contribution in [0, 0.1) is 6.92 Å². The van der Waals surface area contributed by atoms with Gasteiger partial charge in [0, 0.05) is 49.7 Å². The Labute approximate surface area is 236 Å². The zero-order chi connectivity index (χ0) is 28.4. The van der Waals surface area contributed by atoms with Crippen LogP contribution in [0.3, 0.4) is 0 Å². The van der Waals surface area contributed by atoms with Gasteiger partial charge < -0.3 is 15.2 Å². The van der Waals surface area contributed by atoms with E-state index in [1.165, 1.54) is 19.3 Å². The number of β-amino-alcohol motifs (C(OH)–C–C–N with tert-alkyl or cyclic N) is 1. The molecule has 1 unspecified atom stereocenters. The van der Waals surface area contributed by atoms with Crippen LogP contribution in [0.4, 0.5) is 5.69 Å². The third-order valence-corrected chi connectivity index (χ3v) is 7.43. The van der Waals surface area contributed by atoms with Crippen LogP contribution in [0.1, 0.15) is 28.0 Å². The summed E-state index contributed by atoms with van der Waals surface area (Å²) in [5.74, 6) is -0.113. The molecular formula is C29H29ClN6O4. The van der Waals surface area contributed by atoms with E-state index in [0.717, 1.165) is 34.3 Å². The Morgan fingerprint density at radius 3 is 2.67 bits per heavy atom. The molecule has 1 aliphatic rings. The minimum Gasteiger partial charge on any atom is -0.480 e. The average molecular weight is 561 g/mol. The fraction of sp³-hybridized carbons (Fsp3) is 0.276. The maximum absolute atomic E-state index is 12.9. The van der Waals surface area contributed by atoms with Gasteiger partial charge in [-0.1, -0.05) is 41.9 Å². The Balaban J connectivity index is 1.45. The molecule has 1 aliphatic heterocycles. The van der Waals surface area contributed by atoms with Gasteiger partial charge in [0.2, 0.25) is 5.88 Å². The van der Waals surface area contributed by atoms with E-state index in [-0.39, 0.29) is 11.7 Å². The maximum atomic E-state index is 12.9. The van der Waals surface area contributed by atoms with E-state index in [9.17, 15) is 14.7 Å². The summed E-state index contributed by atoms with van der Waals surface area (Å²) in [6.07, 6.45) is 3.50. The Hall–Kier alpha value is -4.12. The van der Waals surface area contributed by atoms with Gasteiger partial charge in [0.25, 0.3) is 11.5 Å². The number of halogens is 1. The smallest absolute Gasteiger partial charge is 0.279 e. The van der Waals surface area contributed by atoms with Crippen LogP contribution in [0.25, 0.3) is 22.4 Å². The van der Waals surface area contributed by atoms with Gasteiger partial charge in [0.1, 0.15) is 11.3 Å². The summed E-state index contributed by atoms with van der Waals surface area (Å²) in [6, 6.07) is 12.6. The molecule has 4 aromatic rings. The van der Waals surface area contributed by atoms with Crippen LogP contribution in [-0.2, 0) is 13.6 Å². The molecule has 40 heavy (non-hydrogen) atoms. The number of hydrogen-bond acceptors (Lipinski definition) is 8. The summed E-state index contributed by atoms with van der Waals surface area (Å²) in [5.41, 5.74) is 4.36. The van der Waals surface area contributed by atoms with Gasteiger partial charge in [-0.15, -0.1) is 0 Å². The molecule has 2 aromatic heterocycles. The molecule has 0 radical (unpaired) electrons. The number of methoxy groups -OCH3 is 1. The second-order valence-corrected chi connectivity index (χ2v) is 10.0. The molecule has 1 saturated heterocycles. The highest BCUT2D eigenvalue weighted by atomic mass is 35.5. The van der Waals surface area contributed by atoms with Crippen LogP contribution in [0.2, 0.25) is 5.02 Å². The Morgan fingerprint density at radius 1 is 1.18 bits per heavy atom. The van der Waals surface area contributed by atoms with Crippen molar-refractivity contribution in [2.75, 3.05) is 25.5 Å². The first-order chi connectivity index (χ1) is 19.3. The van der Waals surface area contributed by atoms with Crippen molar-refractivity contribution < 1.29 is 14.6 Å². The van der Waals surface area contributed by atoms with Crippen LogP contribution in [-0.4, -0.2) is 62.0 Å². The number of hydrogen-bond donors (Lipinski definition) is 2. The van der Waals surface area contributed by atoms with Crippen molar-refractivity contribution >= 4 is 23.2 Å². The summed E-state index contributed by atoms with van der Waals surface area (Å²) in [7, 11) is 3.05. The summed E-state index contributed by atoms with van der Waals surface area (Å²) in [5, 5.41) is 17.0. The number of carbonyl (C=O) groups is 1. The van der Waals surface area contributed by atoms with Crippen molar-refractivity contribution in [2.45, 2.75) is 26.0 Å². The number of nitrogens with zero attached hydrogens (tertiary/aromatic N) is 5. The Bertz CT molecular complexity index is 1640. The van der Waals surface area contributed by atoms with Crippen molar-refractivity contribution in [2.24, 2.45) is 7.05 Å². The number of aliphatic hydroxyl groups is 1. The Kier molecular flexibility index (Phi) is 7.92. The molecule has 0 aliphatic carbocycles. The number of aryl methyl sites for hydroxylation is 1. The lowest BCUT2D eigenvalue weighted by molar-refractivity contribution is 0.102. The fourth-order valence-corrected chi connectivity index (χ4v) is 5.16. The van der Waals surface area contributed by atoms with Gasteiger partial charge in [-0.05, 0) is 36.6 Å². The lowest BCUT2D eigenvalue weighted by Gasteiger charge is -2.17. The number of rotatable bonds is 7. The number of anilines is 1. The van der Waals surface area contributed by atoms with E-state index in [4.69, 9.17) is 21.3 Å². The molecule has 2 N–H and O–H groups in total. The second-order valence-electron chi connectivity index (χ2n) is 9.66. The second kappa shape index (κ2) is 11.5. The standard InChI is InChI=1S/C29H29ClN6O4/c1-17-19(6-5-9-23(17)33-27(38)22-10-12-32-35(2)29(22)39)20-7-4-8-21(26(20)30)24-14-31-25(28(34-24)40-3)16-36-13-11-18(37)15-36/h4-10,12,14,18,37H,11,13,15-16H2,1-3H3,(H,33,38). The summed E-state index contributed by atoms with van der Waals surface area (Å²) >= 11 is 6.95. The third-order valence-electron chi connectivity index (χ3n) is 7.02. The number of benzene rings is 2. The number of aliphatic hydroxyl groups excluding tert-OH is 1. The predicted molar refractivity (Wildman–Crippen MR) is 153 cm³/mol. The van der Waals surface area contributed by atoms with E-state index in [0.29, 0.717) is 46.6 Å². The molecule has 11 heteroatoms. The molecule has 1 amide bonds. The van der Waals surface area contributed by atoms with E-state index in [2.05, 4.69) is 20.3 Å². The van der Waals surface area contributed by atoms with Crippen LogP contribution in [0.5, 0.6) is 5.88 Å². The van der Waals surface area contributed by atoms with Gasteiger partial charge >= 0.3 is 0 Å². The van der Waals surface area contributed by atoms with Gasteiger partial charge in [0.05, 0.1) is 30.1 Å². The molecule has 3 heterocycles. The third kappa shape index (κ3) is 5.46. The minimum absolute atomic E-state index is 0.000731. The molecule has 10 nitrogen and oxygen atoms in total. The first-order valence-corrected chi connectivity index (χ1v) is 13.2. The fourth-order valence-electron chi connectivity index (χ4n) is 4.84. The van der Waals surface area contributed by atoms with Crippen molar-refractivity contribution in [3.63, 3.8) is 0 Å². The molecule has 1 fully saturated rings. The predicted octanol–water partition coefficient (Wildman–Crippen LogP) is 3.69. The minimum atomic E-state index is -0.519. The van der Waals surface area contributed by atoms with Crippen LogP contribution < -0.4 is 15.6 Å². The summed E-state index contributed by atoms with van der Waals surface area (Å²) in [6.45, 7) is 3.80. The number of nitrogens with one attached hydrogen (secondary N) is 1. The van der Waals surface area contributed by atoms with E-state index < -0.39 is 11.5 Å². The molecule has 206 valence electrons. The monoisotopic (exact) mass is 560 g/mol. The first kappa shape index (κ1) is 27.4. The molecule has 5 rings (SSSR count). The number of amides is 1. The number of carbonyl (C=O) groups excluding carboxylic acids is 1. The molecule has 0 spiro atoms. The highest BCUT2D eigenvalue weighted by molar-refractivity contribution is 6.36. The quantitative estimate of drug-likeness (QED) is 0.351. The zero-order valence-electron chi connectivity index (χ0n) is 22.4. The normalized spacial score (nSPS) is 15.3. The number of aromatic nitrogens is 4. The van der Waals surface area contributed by atoms with E-state index in [1.54, 1.807) is 19.4 Å². The Morgan fingerprint density at radius 2 is 1.93 bits per heavy atom. The van der Waals surface area contributed by atoms with Crippen LogP contribution >= 0.6 is 11.6 Å². The van der Waals surface area contributed by atoms with E-state index >= 15 is 0 Å². The van der Waals surface area contributed by atoms with Crippen LogP contribution in [0.15, 0.2) is 59.7 Å². The summed E-state index contributed by atoms with van der Waals surface area (Å²) < 4.78 is 6.67.